The van der Waals surface area contributed by atoms with Gasteiger partial charge in [0.05, 0.1) is 21.3 Å². The third-order valence-corrected chi connectivity index (χ3v) is 5.43. The van der Waals surface area contributed by atoms with Crippen molar-refractivity contribution < 1.29 is 23.8 Å². The number of ether oxygens (including phenoxy) is 3. The average molecular weight is 399 g/mol. The Balaban J connectivity index is 1.70. The molecule has 1 amide bonds. The molecular formula is C21H21NO5S. The first kappa shape index (κ1) is 19.7. The Labute approximate surface area is 167 Å². The highest BCUT2D eigenvalue weighted by Gasteiger charge is 2.20. The quantitative estimate of drug-likeness (QED) is 0.601. The Bertz CT molecular complexity index is 994. The second-order valence-corrected chi connectivity index (χ2v) is 7.12. The van der Waals surface area contributed by atoms with Gasteiger partial charge in [-0.2, -0.15) is 0 Å². The van der Waals surface area contributed by atoms with Gasteiger partial charge in [0.1, 0.15) is 5.75 Å². The predicted molar refractivity (Wildman–Crippen MR) is 110 cm³/mol. The SMILES string of the molecule is COC(=O)c1sc2ccc(NC(=O)CCc3ccc(OC)cc3)cc2c1OC. The molecule has 0 aliphatic rings. The molecule has 0 fully saturated rings. The summed E-state index contributed by atoms with van der Waals surface area (Å²) in [6.07, 6.45) is 0.991. The number of anilines is 1. The first-order valence-corrected chi connectivity index (χ1v) is 9.49. The van der Waals surface area contributed by atoms with Gasteiger partial charge in [-0.1, -0.05) is 12.1 Å². The van der Waals surface area contributed by atoms with E-state index < -0.39 is 5.97 Å². The number of carbonyl (C=O) groups is 2. The van der Waals surface area contributed by atoms with Gasteiger partial charge in [-0.15, -0.1) is 11.3 Å². The van der Waals surface area contributed by atoms with Gasteiger partial charge in [-0.05, 0) is 42.3 Å². The molecule has 0 unspecified atom stereocenters. The molecule has 6 nitrogen and oxygen atoms in total. The number of hydrogen-bond donors (Lipinski definition) is 1. The van der Waals surface area contributed by atoms with Gasteiger partial charge in [-0.3, -0.25) is 4.79 Å². The Morgan fingerprint density at radius 3 is 2.39 bits per heavy atom. The molecule has 0 atom stereocenters. The maximum absolute atomic E-state index is 12.3. The van der Waals surface area contributed by atoms with Gasteiger partial charge in [0.25, 0.3) is 0 Å². The number of rotatable bonds is 7. The molecule has 0 saturated heterocycles. The summed E-state index contributed by atoms with van der Waals surface area (Å²) in [4.78, 5) is 24.6. The van der Waals surface area contributed by atoms with Gasteiger partial charge in [-0.25, -0.2) is 4.79 Å². The average Bonchev–Trinajstić information content (AvgIpc) is 3.09. The molecule has 0 bridgehead atoms. The molecule has 0 spiro atoms. The zero-order valence-electron chi connectivity index (χ0n) is 15.9. The number of hydrogen-bond acceptors (Lipinski definition) is 6. The third kappa shape index (κ3) is 4.26. The van der Waals surface area contributed by atoms with E-state index in [9.17, 15) is 9.59 Å². The minimum absolute atomic E-state index is 0.0856. The van der Waals surface area contributed by atoms with E-state index >= 15 is 0 Å². The highest BCUT2D eigenvalue weighted by molar-refractivity contribution is 7.21. The summed E-state index contributed by atoms with van der Waals surface area (Å²) in [5.41, 5.74) is 1.72. The smallest absolute Gasteiger partial charge is 0.351 e. The normalized spacial score (nSPS) is 10.5. The number of fused-ring (bicyclic) bond motifs is 1. The topological polar surface area (TPSA) is 73.9 Å². The van der Waals surface area contributed by atoms with E-state index in [1.807, 2.05) is 42.5 Å². The molecule has 0 radical (unpaired) electrons. The van der Waals surface area contributed by atoms with E-state index in [1.54, 1.807) is 7.11 Å². The van der Waals surface area contributed by atoms with Crippen LogP contribution in [0.25, 0.3) is 10.1 Å². The fourth-order valence-corrected chi connectivity index (χ4v) is 3.93. The Morgan fingerprint density at radius 1 is 1.00 bits per heavy atom. The number of esters is 1. The molecule has 2 aromatic carbocycles. The van der Waals surface area contributed by atoms with E-state index in [4.69, 9.17) is 14.2 Å². The number of amides is 1. The van der Waals surface area contributed by atoms with Crippen molar-refractivity contribution in [3.8, 4) is 11.5 Å². The lowest BCUT2D eigenvalue weighted by atomic mass is 10.1. The first-order valence-electron chi connectivity index (χ1n) is 8.67. The maximum atomic E-state index is 12.3. The van der Waals surface area contributed by atoms with Crippen molar-refractivity contribution in [3.63, 3.8) is 0 Å². The van der Waals surface area contributed by atoms with Crippen molar-refractivity contribution in [2.75, 3.05) is 26.6 Å². The van der Waals surface area contributed by atoms with Crippen LogP contribution >= 0.6 is 11.3 Å². The fourth-order valence-electron chi connectivity index (χ4n) is 2.86. The predicted octanol–water partition coefficient (Wildman–Crippen LogP) is 4.28. The lowest BCUT2D eigenvalue weighted by Gasteiger charge is -2.07. The number of carbonyl (C=O) groups excluding carboxylic acids is 2. The Morgan fingerprint density at radius 2 is 1.75 bits per heavy atom. The van der Waals surface area contributed by atoms with Crippen molar-refractivity contribution in [1.29, 1.82) is 0 Å². The third-order valence-electron chi connectivity index (χ3n) is 4.30. The van der Waals surface area contributed by atoms with Gasteiger partial charge in [0, 0.05) is 22.2 Å². The Hall–Kier alpha value is -3.06. The molecule has 3 aromatic rings. The summed E-state index contributed by atoms with van der Waals surface area (Å²) in [5, 5.41) is 3.66. The molecule has 0 aliphatic heterocycles. The molecule has 1 N–H and O–H groups in total. The van der Waals surface area contributed by atoms with Crippen molar-refractivity contribution >= 4 is 39.0 Å². The molecule has 0 aliphatic carbocycles. The van der Waals surface area contributed by atoms with Gasteiger partial charge in [0.2, 0.25) is 5.91 Å². The summed E-state index contributed by atoms with van der Waals surface area (Å²) < 4.78 is 16.2. The van der Waals surface area contributed by atoms with Crippen molar-refractivity contribution in [2.45, 2.75) is 12.8 Å². The van der Waals surface area contributed by atoms with Crippen LogP contribution in [0.5, 0.6) is 11.5 Å². The number of benzene rings is 2. The molecular weight excluding hydrogens is 378 g/mol. The minimum atomic E-state index is -0.442. The number of aryl methyl sites for hydroxylation is 1. The van der Waals surface area contributed by atoms with Crippen molar-refractivity contribution in [3.05, 3.63) is 52.9 Å². The number of thiophene rings is 1. The van der Waals surface area contributed by atoms with Crippen LogP contribution in [0.2, 0.25) is 0 Å². The van der Waals surface area contributed by atoms with E-state index in [0.29, 0.717) is 29.2 Å². The zero-order valence-corrected chi connectivity index (χ0v) is 16.7. The molecule has 1 aromatic heterocycles. The standard InChI is InChI=1S/C21H21NO5S/c1-25-15-8-4-13(5-9-15)6-11-18(23)22-14-7-10-17-16(12-14)19(26-2)20(28-17)21(24)27-3/h4-5,7-10,12H,6,11H2,1-3H3,(H,22,23). The second kappa shape index (κ2) is 8.75. The summed E-state index contributed by atoms with van der Waals surface area (Å²) in [6, 6.07) is 13.1. The molecule has 146 valence electrons. The van der Waals surface area contributed by atoms with Crippen molar-refractivity contribution in [2.24, 2.45) is 0 Å². The van der Waals surface area contributed by atoms with Crippen LogP contribution in [0.4, 0.5) is 5.69 Å². The zero-order chi connectivity index (χ0) is 20.1. The van der Waals surface area contributed by atoms with E-state index in [0.717, 1.165) is 21.4 Å². The lowest BCUT2D eigenvalue weighted by molar-refractivity contribution is -0.116. The second-order valence-electron chi connectivity index (χ2n) is 6.06. The summed E-state index contributed by atoms with van der Waals surface area (Å²) in [7, 11) is 4.46. The minimum Gasteiger partial charge on any atom is -0.497 e. The van der Waals surface area contributed by atoms with E-state index in [1.165, 1.54) is 25.6 Å². The maximum Gasteiger partial charge on any atom is 0.351 e. The van der Waals surface area contributed by atoms with Gasteiger partial charge < -0.3 is 19.5 Å². The lowest BCUT2D eigenvalue weighted by Crippen LogP contribution is -2.12. The Kier molecular flexibility index (Phi) is 6.16. The number of methoxy groups -OCH3 is 3. The molecule has 0 saturated carbocycles. The van der Waals surface area contributed by atoms with Crippen LogP contribution in [0.3, 0.4) is 0 Å². The van der Waals surface area contributed by atoms with Crippen LogP contribution in [-0.4, -0.2) is 33.2 Å². The largest absolute Gasteiger partial charge is 0.497 e. The highest BCUT2D eigenvalue weighted by Crippen LogP contribution is 2.39. The fraction of sp³-hybridized carbons (Fsp3) is 0.238. The monoisotopic (exact) mass is 399 g/mol. The molecule has 28 heavy (non-hydrogen) atoms. The summed E-state index contributed by atoms with van der Waals surface area (Å²) in [6.45, 7) is 0. The first-order chi connectivity index (χ1) is 13.5. The van der Waals surface area contributed by atoms with Crippen LogP contribution in [0, 0.1) is 0 Å². The number of nitrogens with one attached hydrogen (secondary N) is 1. The van der Waals surface area contributed by atoms with Crippen LogP contribution in [-0.2, 0) is 16.0 Å². The van der Waals surface area contributed by atoms with Crippen LogP contribution in [0.15, 0.2) is 42.5 Å². The van der Waals surface area contributed by atoms with Crippen LogP contribution < -0.4 is 14.8 Å². The van der Waals surface area contributed by atoms with E-state index in [2.05, 4.69) is 5.32 Å². The molecule has 3 rings (SSSR count). The van der Waals surface area contributed by atoms with E-state index in [-0.39, 0.29) is 5.91 Å². The van der Waals surface area contributed by atoms with Gasteiger partial charge >= 0.3 is 5.97 Å². The van der Waals surface area contributed by atoms with Gasteiger partial charge in [0.15, 0.2) is 10.6 Å². The summed E-state index contributed by atoms with van der Waals surface area (Å²) in [5.74, 6) is 0.722. The highest BCUT2D eigenvalue weighted by atomic mass is 32.1. The molecule has 7 heteroatoms. The van der Waals surface area contributed by atoms with Crippen molar-refractivity contribution in [1.82, 2.24) is 0 Å². The molecule has 1 heterocycles. The van der Waals surface area contributed by atoms with Crippen LogP contribution in [0.1, 0.15) is 21.7 Å². The summed E-state index contributed by atoms with van der Waals surface area (Å²) >= 11 is 1.30.